The van der Waals surface area contributed by atoms with Gasteiger partial charge in [0.25, 0.3) is 0 Å². The van der Waals surface area contributed by atoms with Crippen LogP contribution in [0.5, 0.6) is 17.2 Å². The van der Waals surface area contributed by atoms with Crippen molar-refractivity contribution in [3.05, 3.63) is 17.7 Å². The fraction of sp³-hybridized carbons (Fsp3) is 0.222. The van der Waals surface area contributed by atoms with Crippen molar-refractivity contribution in [2.45, 2.75) is 12.6 Å². The van der Waals surface area contributed by atoms with E-state index in [0.29, 0.717) is 0 Å². The molecule has 0 amide bonds. The summed E-state index contributed by atoms with van der Waals surface area (Å²) in [6, 6.07) is 1.69. The number of aromatic hydroxyl groups is 3. The van der Waals surface area contributed by atoms with E-state index in [1.54, 1.807) is 0 Å². The zero-order chi connectivity index (χ0) is 15.4. The van der Waals surface area contributed by atoms with E-state index >= 15 is 0 Å². The lowest BCUT2D eigenvalue weighted by molar-refractivity contribution is -0.219. The molecule has 108 valence electrons. The summed E-state index contributed by atoms with van der Waals surface area (Å²) in [5, 5.41) is 35.0. The minimum absolute atomic E-state index is 0.289. The van der Waals surface area contributed by atoms with Crippen molar-refractivity contribution in [1.29, 1.82) is 0 Å². The second-order valence-corrected chi connectivity index (χ2v) is 3.01. The van der Waals surface area contributed by atoms with Gasteiger partial charge in [-0.15, -0.1) is 0 Å². The smallest absolute Gasteiger partial charge is 0.450 e. The maximum absolute atomic E-state index is 10.4. The molecule has 19 heavy (non-hydrogen) atoms. The average Bonchev–Trinajstić information content (AvgIpc) is 2.24. The number of carbonyl (C=O) groups is 1. The van der Waals surface area contributed by atoms with Gasteiger partial charge in [-0.25, -0.2) is 13.6 Å². The van der Waals surface area contributed by atoms with Crippen molar-refractivity contribution in [3.8, 4) is 17.2 Å². The summed E-state index contributed by atoms with van der Waals surface area (Å²) in [4.78, 5) is 10.3. The fourth-order valence-corrected chi connectivity index (χ4v) is 0.728. The molecule has 0 aromatic heterocycles. The Balaban J connectivity index is 0.000000399. The quantitative estimate of drug-likeness (QED) is 0.470. The highest BCUT2D eigenvalue weighted by Crippen LogP contribution is 2.35. The number of hydrogen-bond donors (Lipinski definition) is 4. The second-order valence-electron chi connectivity index (χ2n) is 3.01. The summed E-state index contributed by atoms with van der Waals surface area (Å²) in [5.74, 6) is -3.33. The first kappa shape index (κ1) is 16.7. The molecule has 0 radical (unpaired) electrons. The monoisotopic (exact) mass is 290 g/mol. The lowest BCUT2D eigenvalue weighted by atomic mass is 10.2. The van der Waals surface area contributed by atoms with Crippen LogP contribution in [0.2, 0.25) is 0 Å². The summed E-state index contributed by atoms with van der Waals surface area (Å²) >= 11 is 0. The third-order valence-electron chi connectivity index (χ3n) is 1.56. The van der Waals surface area contributed by atoms with E-state index in [0.717, 1.165) is 12.1 Å². The van der Waals surface area contributed by atoms with E-state index in [1.165, 1.54) is 0 Å². The Hall–Kier alpha value is -2.26. The van der Waals surface area contributed by atoms with Crippen LogP contribution in [0.15, 0.2) is 12.1 Å². The number of benzene rings is 1. The third kappa shape index (κ3) is 5.27. The molecule has 4 N–H and O–H groups in total. The van der Waals surface area contributed by atoms with Gasteiger partial charge in [0.2, 0.25) is 0 Å². The maximum atomic E-state index is 10.4. The summed E-state index contributed by atoms with van der Waals surface area (Å²) < 4.78 is 52.1. The van der Waals surface area contributed by atoms with Gasteiger partial charge in [-0.1, -0.05) is 0 Å². The maximum Gasteiger partial charge on any atom is 0.450 e. The van der Waals surface area contributed by atoms with Gasteiger partial charge in [0, 0.05) is 0 Å². The predicted molar refractivity (Wildman–Crippen MR) is 50.5 cm³/mol. The molecular weight excluding hydrogens is 283 g/mol. The molecule has 0 bridgehead atoms. The molecule has 1 aromatic rings. The molecule has 0 fully saturated rings. The average molecular weight is 290 g/mol. The number of phenolic OH excluding ortho intramolecular Hbond substituents is 3. The van der Waals surface area contributed by atoms with Crippen molar-refractivity contribution in [2.24, 2.45) is 0 Å². The van der Waals surface area contributed by atoms with Crippen LogP contribution in [0, 0.1) is 0 Å². The van der Waals surface area contributed by atoms with Crippen molar-refractivity contribution in [1.82, 2.24) is 0 Å². The van der Waals surface area contributed by atoms with E-state index < -0.39 is 35.8 Å². The van der Waals surface area contributed by atoms with Crippen LogP contribution < -0.4 is 0 Å². The van der Waals surface area contributed by atoms with Gasteiger partial charge in [0.1, 0.15) is 0 Å². The van der Waals surface area contributed by atoms with Gasteiger partial charge in [0.15, 0.2) is 17.2 Å². The number of alkyl halides is 5. The zero-order valence-electron chi connectivity index (χ0n) is 8.82. The largest absolute Gasteiger partial charge is 0.504 e. The van der Waals surface area contributed by atoms with Crippen LogP contribution in [0.25, 0.3) is 0 Å². The van der Waals surface area contributed by atoms with E-state index in [2.05, 4.69) is 0 Å². The normalized spacial score (nSPS) is 10.8. The molecule has 0 saturated heterocycles. The van der Waals surface area contributed by atoms with E-state index in [9.17, 15) is 26.7 Å². The van der Waals surface area contributed by atoms with E-state index in [-0.39, 0.29) is 5.56 Å². The van der Waals surface area contributed by atoms with Gasteiger partial charge in [-0.2, -0.15) is 13.2 Å². The molecule has 0 saturated carbocycles. The molecule has 0 unspecified atom stereocenters. The molecule has 0 heterocycles. The van der Waals surface area contributed by atoms with Gasteiger partial charge in [0.05, 0.1) is 5.56 Å². The summed E-state index contributed by atoms with van der Waals surface area (Å²) in [6.07, 6.45) is -9.53. The standard InChI is InChI=1S/C7H6O5.C2HF5/c8-4-1-3(7(11)12)2-5(9)6(4)10;3-1(4)2(5,6)7/h1-2,8-10H,(H,11,12);1H. The third-order valence-corrected chi connectivity index (χ3v) is 1.56. The first-order valence-corrected chi connectivity index (χ1v) is 4.30. The minimum atomic E-state index is -5.33. The number of carboxylic acids is 1. The first-order chi connectivity index (χ1) is 8.46. The van der Waals surface area contributed by atoms with Gasteiger partial charge in [-0.05, 0) is 12.1 Å². The number of halogens is 5. The number of rotatable bonds is 1. The lowest BCUT2D eigenvalue weighted by Gasteiger charge is -2.01. The molecule has 0 spiro atoms. The van der Waals surface area contributed by atoms with Crippen LogP contribution in [0.4, 0.5) is 22.0 Å². The Morgan fingerprint density at radius 3 is 1.58 bits per heavy atom. The van der Waals surface area contributed by atoms with Gasteiger partial charge >= 0.3 is 18.6 Å². The van der Waals surface area contributed by atoms with E-state index in [1.807, 2.05) is 0 Å². The van der Waals surface area contributed by atoms with Crippen LogP contribution in [0.3, 0.4) is 0 Å². The molecular formula is C9H7F5O5. The Kier molecular flexibility index (Phi) is 5.35. The Morgan fingerprint density at radius 1 is 1.05 bits per heavy atom. The van der Waals surface area contributed by atoms with Gasteiger partial charge in [-0.3, -0.25) is 0 Å². The first-order valence-electron chi connectivity index (χ1n) is 4.30. The topological polar surface area (TPSA) is 98.0 Å². The lowest BCUT2D eigenvalue weighted by Crippen LogP contribution is -2.18. The van der Waals surface area contributed by atoms with Crippen LogP contribution in [-0.2, 0) is 0 Å². The van der Waals surface area contributed by atoms with Crippen molar-refractivity contribution >= 4 is 5.97 Å². The van der Waals surface area contributed by atoms with Crippen LogP contribution in [0.1, 0.15) is 10.4 Å². The van der Waals surface area contributed by atoms with Crippen LogP contribution >= 0.6 is 0 Å². The number of carboxylic acid groups (broad SMARTS) is 1. The van der Waals surface area contributed by atoms with Crippen LogP contribution in [-0.4, -0.2) is 39.0 Å². The molecule has 0 atom stereocenters. The minimum Gasteiger partial charge on any atom is -0.504 e. The Bertz CT molecular complexity index is 434. The molecule has 1 rings (SSSR count). The fourth-order valence-electron chi connectivity index (χ4n) is 0.728. The number of hydrogen-bond acceptors (Lipinski definition) is 4. The Labute approximate surface area is 102 Å². The van der Waals surface area contributed by atoms with Gasteiger partial charge < -0.3 is 20.4 Å². The predicted octanol–water partition coefficient (Wildman–Crippen LogP) is 2.32. The molecule has 5 nitrogen and oxygen atoms in total. The highest BCUT2D eigenvalue weighted by molar-refractivity contribution is 5.89. The summed E-state index contributed by atoms with van der Waals surface area (Å²) in [5.41, 5.74) is -0.289. The zero-order valence-corrected chi connectivity index (χ0v) is 8.82. The molecule has 0 aliphatic heterocycles. The SMILES string of the molecule is FC(F)C(F)(F)F.O=C(O)c1cc(O)c(O)c(O)c1. The van der Waals surface area contributed by atoms with Crippen molar-refractivity contribution in [3.63, 3.8) is 0 Å². The van der Waals surface area contributed by atoms with E-state index in [4.69, 9.17) is 20.4 Å². The summed E-state index contributed by atoms with van der Waals surface area (Å²) in [7, 11) is 0. The highest BCUT2D eigenvalue weighted by Gasteiger charge is 2.40. The molecule has 1 aromatic carbocycles. The second kappa shape index (κ2) is 6.07. The molecule has 10 heteroatoms. The molecule has 0 aliphatic carbocycles. The molecule has 0 aliphatic rings. The number of aromatic carboxylic acids is 1. The highest BCUT2D eigenvalue weighted by atomic mass is 19.4. The summed E-state index contributed by atoms with van der Waals surface area (Å²) in [6.45, 7) is 0. The number of phenols is 3. The van der Waals surface area contributed by atoms with Crippen molar-refractivity contribution < 1.29 is 47.2 Å². The van der Waals surface area contributed by atoms with Crippen molar-refractivity contribution in [2.75, 3.05) is 0 Å². The Morgan fingerprint density at radius 2 is 1.37 bits per heavy atom.